The average Bonchev–Trinajstić information content (AvgIpc) is 3.05. The van der Waals surface area contributed by atoms with Crippen LogP contribution in [0.2, 0.25) is 0 Å². The largest absolute Gasteiger partial charge is 0.321 e. The number of nitriles is 1. The van der Waals surface area contributed by atoms with Gasteiger partial charge in [-0.3, -0.25) is 4.79 Å². The predicted molar refractivity (Wildman–Crippen MR) is 91.1 cm³/mol. The SMILES string of the molecule is N#CN[C@H]1CCC[C@@H](C(=O)Cc2ncc(C3CCCCC3)s2)C1. The molecule has 0 bridgehead atoms. The molecular weight excluding hydrogens is 306 g/mol. The van der Waals surface area contributed by atoms with Crippen LogP contribution in [-0.4, -0.2) is 16.8 Å². The minimum Gasteiger partial charge on any atom is -0.321 e. The summed E-state index contributed by atoms with van der Waals surface area (Å²) in [6.07, 6.45) is 14.8. The Morgan fingerprint density at radius 2 is 2.09 bits per heavy atom. The summed E-state index contributed by atoms with van der Waals surface area (Å²) in [6.45, 7) is 0. The lowest BCUT2D eigenvalue weighted by Gasteiger charge is -2.27. The Bertz CT molecular complexity index is 571. The Morgan fingerprint density at radius 1 is 1.26 bits per heavy atom. The number of hydrogen-bond donors (Lipinski definition) is 1. The lowest BCUT2D eigenvalue weighted by Crippen LogP contribution is -2.34. The molecule has 2 atom stereocenters. The second-order valence-electron chi connectivity index (χ2n) is 6.95. The number of thiazole rings is 1. The fourth-order valence-electron chi connectivity index (χ4n) is 3.98. The number of carbonyl (C=O) groups excluding carboxylic acids is 1. The van der Waals surface area contributed by atoms with E-state index in [1.807, 2.05) is 12.4 Å². The highest BCUT2D eigenvalue weighted by atomic mass is 32.1. The molecular formula is C18H25N3OS. The molecule has 2 aliphatic rings. The lowest BCUT2D eigenvalue weighted by atomic mass is 9.82. The van der Waals surface area contributed by atoms with Gasteiger partial charge in [0.05, 0.1) is 6.42 Å². The number of aromatic nitrogens is 1. The second kappa shape index (κ2) is 7.92. The molecule has 0 aliphatic heterocycles. The minimum atomic E-state index is 0.0941. The monoisotopic (exact) mass is 331 g/mol. The summed E-state index contributed by atoms with van der Waals surface area (Å²) in [5.41, 5.74) is 0. The van der Waals surface area contributed by atoms with Gasteiger partial charge in [-0.15, -0.1) is 11.3 Å². The topological polar surface area (TPSA) is 65.8 Å². The number of rotatable bonds is 5. The highest BCUT2D eigenvalue weighted by Crippen LogP contribution is 2.36. The molecule has 3 rings (SSSR count). The normalized spacial score (nSPS) is 25.7. The van der Waals surface area contributed by atoms with E-state index in [1.54, 1.807) is 11.3 Å². The van der Waals surface area contributed by atoms with Gasteiger partial charge in [0.2, 0.25) is 0 Å². The van der Waals surface area contributed by atoms with Crippen molar-refractivity contribution in [2.24, 2.45) is 5.92 Å². The first-order chi connectivity index (χ1) is 11.3. The Kier molecular flexibility index (Phi) is 5.66. The van der Waals surface area contributed by atoms with E-state index in [0.717, 1.165) is 30.7 Å². The highest BCUT2D eigenvalue weighted by Gasteiger charge is 2.28. The zero-order valence-electron chi connectivity index (χ0n) is 13.6. The van der Waals surface area contributed by atoms with Crippen LogP contribution < -0.4 is 5.32 Å². The first-order valence-corrected chi connectivity index (χ1v) is 9.70. The third-order valence-corrected chi connectivity index (χ3v) is 6.46. The molecule has 0 saturated heterocycles. The molecule has 0 aromatic carbocycles. The van der Waals surface area contributed by atoms with E-state index < -0.39 is 0 Å². The number of carbonyl (C=O) groups is 1. The van der Waals surface area contributed by atoms with Gasteiger partial charge in [-0.05, 0) is 38.0 Å². The molecule has 4 nitrogen and oxygen atoms in total. The number of Topliss-reactive ketones (excluding diaryl/α,β-unsaturated/α-hetero) is 1. The molecule has 0 spiro atoms. The van der Waals surface area contributed by atoms with Crippen molar-refractivity contribution in [1.82, 2.24) is 10.3 Å². The molecule has 0 unspecified atom stereocenters. The first kappa shape index (κ1) is 16.4. The smallest absolute Gasteiger partial charge is 0.176 e. The Hall–Kier alpha value is -1.41. The third-order valence-electron chi connectivity index (χ3n) is 5.30. The van der Waals surface area contributed by atoms with Crippen LogP contribution in [0.3, 0.4) is 0 Å². The van der Waals surface area contributed by atoms with Crippen LogP contribution in [-0.2, 0) is 11.2 Å². The van der Waals surface area contributed by atoms with Gasteiger partial charge < -0.3 is 5.32 Å². The molecule has 2 aliphatic carbocycles. The fraction of sp³-hybridized carbons (Fsp3) is 0.722. The predicted octanol–water partition coefficient (Wildman–Crippen LogP) is 3.93. The zero-order chi connectivity index (χ0) is 16.1. The lowest BCUT2D eigenvalue weighted by molar-refractivity contribution is -0.123. The van der Waals surface area contributed by atoms with Gasteiger partial charge in [0, 0.05) is 23.0 Å². The Balaban J connectivity index is 1.55. The molecule has 1 heterocycles. The van der Waals surface area contributed by atoms with Gasteiger partial charge in [-0.2, -0.15) is 5.26 Å². The molecule has 5 heteroatoms. The first-order valence-electron chi connectivity index (χ1n) is 8.88. The van der Waals surface area contributed by atoms with E-state index >= 15 is 0 Å². The van der Waals surface area contributed by atoms with Gasteiger partial charge in [0.25, 0.3) is 0 Å². The molecule has 2 saturated carbocycles. The molecule has 0 amide bonds. The van der Waals surface area contributed by atoms with Crippen molar-refractivity contribution in [2.45, 2.75) is 76.2 Å². The standard InChI is InChI=1S/C18H25N3OS/c19-12-21-15-8-4-7-14(9-15)16(22)10-18-20-11-17(23-18)13-5-2-1-3-6-13/h11,13-15,21H,1-10H2/t14-,15+/m1/s1. The summed E-state index contributed by atoms with van der Waals surface area (Å²) in [4.78, 5) is 18.4. The van der Waals surface area contributed by atoms with Crippen LogP contribution in [0.1, 0.15) is 73.6 Å². The molecule has 23 heavy (non-hydrogen) atoms. The van der Waals surface area contributed by atoms with Crippen molar-refractivity contribution in [3.63, 3.8) is 0 Å². The van der Waals surface area contributed by atoms with Crippen LogP contribution in [0.5, 0.6) is 0 Å². The van der Waals surface area contributed by atoms with Gasteiger partial charge >= 0.3 is 0 Å². The maximum Gasteiger partial charge on any atom is 0.176 e. The van der Waals surface area contributed by atoms with Crippen molar-refractivity contribution in [3.8, 4) is 6.19 Å². The molecule has 2 fully saturated rings. The summed E-state index contributed by atoms with van der Waals surface area (Å²) in [5, 5.41) is 12.5. The van der Waals surface area contributed by atoms with E-state index in [1.165, 1.54) is 37.0 Å². The maximum absolute atomic E-state index is 12.6. The van der Waals surface area contributed by atoms with Crippen LogP contribution in [0.4, 0.5) is 0 Å². The van der Waals surface area contributed by atoms with E-state index in [4.69, 9.17) is 5.26 Å². The Labute approximate surface area is 142 Å². The van der Waals surface area contributed by atoms with E-state index in [-0.39, 0.29) is 12.0 Å². The fourth-order valence-corrected chi connectivity index (χ4v) is 5.08. The number of nitrogens with zero attached hydrogens (tertiary/aromatic N) is 2. The highest BCUT2D eigenvalue weighted by molar-refractivity contribution is 7.11. The van der Waals surface area contributed by atoms with Crippen LogP contribution in [0, 0.1) is 17.4 Å². The number of hydrogen-bond acceptors (Lipinski definition) is 5. The second-order valence-corrected chi connectivity index (χ2v) is 8.10. The van der Waals surface area contributed by atoms with Gasteiger partial charge in [-0.25, -0.2) is 4.98 Å². The summed E-state index contributed by atoms with van der Waals surface area (Å²) in [5.74, 6) is 1.07. The molecule has 0 radical (unpaired) electrons. The van der Waals surface area contributed by atoms with Gasteiger partial charge in [0.1, 0.15) is 10.8 Å². The van der Waals surface area contributed by atoms with Crippen molar-refractivity contribution < 1.29 is 4.79 Å². The summed E-state index contributed by atoms with van der Waals surface area (Å²) < 4.78 is 0. The Morgan fingerprint density at radius 3 is 2.87 bits per heavy atom. The quantitative estimate of drug-likeness (QED) is 0.656. The van der Waals surface area contributed by atoms with Crippen molar-refractivity contribution in [1.29, 1.82) is 5.26 Å². The van der Waals surface area contributed by atoms with Crippen molar-refractivity contribution in [2.75, 3.05) is 0 Å². The molecule has 124 valence electrons. The minimum absolute atomic E-state index is 0.0941. The zero-order valence-corrected chi connectivity index (χ0v) is 14.4. The summed E-state index contributed by atoms with van der Waals surface area (Å²) in [7, 11) is 0. The summed E-state index contributed by atoms with van der Waals surface area (Å²) >= 11 is 1.74. The maximum atomic E-state index is 12.6. The van der Waals surface area contributed by atoms with Gasteiger partial charge in [-0.1, -0.05) is 25.7 Å². The van der Waals surface area contributed by atoms with Crippen LogP contribution in [0.15, 0.2) is 6.20 Å². The van der Waals surface area contributed by atoms with Crippen LogP contribution in [0.25, 0.3) is 0 Å². The van der Waals surface area contributed by atoms with Gasteiger partial charge in [0.15, 0.2) is 6.19 Å². The molecule has 1 N–H and O–H groups in total. The van der Waals surface area contributed by atoms with Crippen molar-refractivity contribution in [3.05, 3.63) is 16.1 Å². The van der Waals surface area contributed by atoms with Crippen LogP contribution >= 0.6 is 11.3 Å². The number of ketones is 1. The third kappa shape index (κ3) is 4.32. The number of nitrogens with one attached hydrogen (secondary N) is 1. The van der Waals surface area contributed by atoms with E-state index in [0.29, 0.717) is 18.1 Å². The van der Waals surface area contributed by atoms with E-state index in [2.05, 4.69) is 10.3 Å². The molecule has 1 aromatic heterocycles. The van der Waals surface area contributed by atoms with Crippen molar-refractivity contribution >= 4 is 17.1 Å². The molecule has 1 aromatic rings. The average molecular weight is 331 g/mol. The van der Waals surface area contributed by atoms with E-state index in [9.17, 15) is 4.79 Å². The summed E-state index contributed by atoms with van der Waals surface area (Å²) in [6, 6.07) is 0.178.